The first-order chi connectivity index (χ1) is 8.04. The molecule has 0 aliphatic heterocycles. The Morgan fingerprint density at radius 2 is 2.12 bits per heavy atom. The van der Waals surface area contributed by atoms with E-state index in [0.717, 1.165) is 12.1 Å². The van der Waals surface area contributed by atoms with Gasteiger partial charge in [0.1, 0.15) is 5.76 Å². The van der Waals surface area contributed by atoms with Crippen molar-refractivity contribution in [1.29, 1.82) is 0 Å². The molecule has 0 saturated carbocycles. The van der Waals surface area contributed by atoms with E-state index in [0.29, 0.717) is 0 Å². The van der Waals surface area contributed by atoms with Crippen LogP contribution in [0.15, 0.2) is 30.0 Å². The summed E-state index contributed by atoms with van der Waals surface area (Å²) in [7, 11) is 0. The van der Waals surface area contributed by atoms with Crippen molar-refractivity contribution in [2.24, 2.45) is 0 Å². The molecule has 0 saturated heterocycles. The molecule has 0 aliphatic carbocycles. The van der Waals surface area contributed by atoms with E-state index >= 15 is 0 Å². The van der Waals surface area contributed by atoms with Gasteiger partial charge in [0.25, 0.3) is 0 Å². The molecule has 0 atom stereocenters. The third-order valence-corrected chi connectivity index (χ3v) is 1.79. The van der Waals surface area contributed by atoms with Gasteiger partial charge in [-0.25, -0.2) is 9.18 Å². The number of ether oxygens (including phenoxy) is 2. The molecule has 0 N–H and O–H groups in total. The monoisotopic (exact) mass is 242 g/mol. The molecule has 0 unspecified atom stereocenters. The lowest BCUT2D eigenvalue weighted by Crippen LogP contribution is -2.03. The van der Waals surface area contributed by atoms with Gasteiger partial charge in [-0.15, -0.1) is 0 Å². The van der Waals surface area contributed by atoms with Crippen LogP contribution < -0.4 is 4.74 Å². The summed E-state index contributed by atoms with van der Waals surface area (Å²) in [6.45, 7) is 3.34. The van der Waals surface area contributed by atoms with Crippen LogP contribution >= 0.6 is 0 Å². The summed E-state index contributed by atoms with van der Waals surface area (Å²) >= 11 is 0. The number of esters is 1. The quantitative estimate of drug-likeness (QED) is 0.462. The molecule has 0 bridgehead atoms. The highest BCUT2D eigenvalue weighted by Crippen LogP contribution is 2.21. The Balaban J connectivity index is 2.77. The first kappa shape index (κ1) is 13.2. The molecule has 0 amide bonds. The highest BCUT2D eigenvalue weighted by molar-refractivity contribution is 5.82. The average molecular weight is 242 g/mol. The highest BCUT2D eigenvalue weighted by Gasteiger charge is 2.09. The van der Waals surface area contributed by atoms with Crippen molar-refractivity contribution in [2.45, 2.75) is 13.8 Å². The normalized spacial score (nSPS) is 11.2. The lowest BCUT2D eigenvalue weighted by Gasteiger charge is -2.06. The van der Waals surface area contributed by atoms with E-state index in [1.807, 2.05) is 0 Å². The minimum absolute atomic E-state index is 0.118. The maximum Gasteiger partial charge on any atom is 0.334 e. The molecule has 92 valence electrons. The minimum Gasteiger partial charge on any atom is -0.463 e. The van der Waals surface area contributed by atoms with E-state index in [1.165, 1.54) is 19.1 Å². The van der Waals surface area contributed by atoms with Crippen molar-refractivity contribution in [3.8, 4) is 5.75 Å². The molecule has 5 heteroatoms. The van der Waals surface area contributed by atoms with Gasteiger partial charge in [-0.2, -0.15) is 4.39 Å². The zero-order valence-corrected chi connectivity index (χ0v) is 9.50. The Morgan fingerprint density at radius 3 is 2.76 bits per heavy atom. The van der Waals surface area contributed by atoms with Crippen LogP contribution in [0.4, 0.5) is 8.78 Å². The zero-order chi connectivity index (χ0) is 12.8. The molecule has 0 aliphatic rings. The Morgan fingerprint density at radius 1 is 1.41 bits per heavy atom. The molecule has 0 radical (unpaired) electrons. The van der Waals surface area contributed by atoms with Gasteiger partial charge in [0, 0.05) is 0 Å². The Kier molecular flexibility index (Phi) is 4.63. The summed E-state index contributed by atoms with van der Waals surface area (Å²) in [5.41, 5.74) is 0. The van der Waals surface area contributed by atoms with Gasteiger partial charge < -0.3 is 9.47 Å². The summed E-state index contributed by atoms with van der Waals surface area (Å²) < 4.78 is 35.7. The standard InChI is InChI=1S/C12H12F2O3/c1-3-16-11(15)7-8(2)17-10-6-4-5-9(13)12(10)14/h4-7H,3H2,1-2H3/b8-7-. The highest BCUT2D eigenvalue weighted by atomic mass is 19.2. The fourth-order valence-electron chi connectivity index (χ4n) is 1.12. The van der Waals surface area contributed by atoms with Crippen LogP contribution in [0, 0.1) is 11.6 Å². The van der Waals surface area contributed by atoms with E-state index in [4.69, 9.17) is 4.74 Å². The largest absolute Gasteiger partial charge is 0.463 e. The predicted octanol–water partition coefficient (Wildman–Crippen LogP) is 2.81. The number of hydrogen-bond donors (Lipinski definition) is 0. The van der Waals surface area contributed by atoms with E-state index in [-0.39, 0.29) is 18.1 Å². The van der Waals surface area contributed by atoms with Crippen LogP contribution in [0.2, 0.25) is 0 Å². The molecule has 3 nitrogen and oxygen atoms in total. The van der Waals surface area contributed by atoms with Crippen LogP contribution in [-0.2, 0) is 9.53 Å². The molecule has 17 heavy (non-hydrogen) atoms. The summed E-state index contributed by atoms with van der Waals surface area (Å²) in [4.78, 5) is 11.0. The van der Waals surface area contributed by atoms with Gasteiger partial charge in [0.05, 0.1) is 12.7 Å². The first-order valence-corrected chi connectivity index (χ1v) is 5.01. The minimum atomic E-state index is -1.09. The number of allylic oxidation sites excluding steroid dienone is 1. The number of carbonyl (C=O) groups is 1. The smallest absolute Gasteiger partial charge is 0.334 e. The second-order valence-corrected chi connectivity index (χ2v) is 3.16. The van der Waals surface area contributed by atoms with Crippen LogP contribution in [-0.4, -0.2) is 12.6 Å². The number of rotatable bonds is 4. The van der Waals surface area contributed by atoms with Crippen molar-refractivity contribution in [3.05, 3.63) is 41.7 Å². The SMILES string of the molecule is CCOC(=O)/C=C(/C)Oc1cccc(F)c1F. The van der Waals surface area contributed by atoms with Gasteiger partial charge in [0.15, 0.2) is 11.6 Å². The maximum atomic E-state index is 13.2. The molecular weight excluding hydrogens is 230 g/mol. The summed E-state index contributed by atoms with van der Waals surface area (Å²) in [5.74, 6) is -2.85. The second kappa shape index (κ2) is 5.98. The second-order valence-electron chi connectivity index (χ2n) is 3.16. The van der Waals surface area contributed by atoms with E-state index in [9.17, 15) is 13.6 Å². The lowest BCUT2D eigenvalue weighted by molar-refractivity contribution is -0.137. The molecule has 1 rings (SSSR count). The van der Waals surface area contributed by atoms with Crippen molar-refractivity contribution < 1.29 is 23.0 Å². The first-order valence-electron chi connectivity index (χ1n) is 5.01. The molecular formula is C12H12F2O3. The molecule has 0 heterocycles. The Bertz CT molecular complexity index is 441. The van der Waals surface area contributed by atoms with Crippen molar-refractivity contribution in [2.75, 3.05) is 6.61 Å². The summed E-state index contributed by atoms with van der Waals surface area (Å²) in [6.07, 6.45) is 1.06. The van der Waals surface area contributed by atoms with Crippen LogP contribution in [0.25, 0.3) is 0 Å². The zero-order valence-electron chi connectivity index (χ0n) is 9.50. The van der Waals surface area contributed by atoms with Gasteiger partial charge >= 0.3 is 5.97 Å². The van der Waals surface area contributed by atoms with Crippen LogP contribution in [0.3, 0.4) is 0 Å². The van der Waals surface area contributed by atoms with Gasteiger partial charge in [-0.3, -0.25) is 0 Å². The topological polar surface area (TPSA) is 35.5 Å². The summed E-state index contributed by atoms with van der Waals surface area (Å²) in [5, 5.41) is 0. The molecule has 0 spiro atoms. The molecule has 1 aromatic rings. The maximum absolute atomic E-state index is 13.2. The number of halogens is 2. The predicted molar refractivity (Wildman–Crippen MR) is 57.4 cm³/mol. The van der Waals surface area contributed by atoms with E-state index in [2.05, 4.69) is 4.74 Å². The van der Waals surface area contributed by atoms with Crippen LogP contribution in [0.1, 0.15) is 13.8 Å². The fourth-order valence-corrected chi connectivity index (χ4v) is 1.12. The third kappa shape index (κ3) is 3.86. The summed E-state index contributed by atoms with van der Waals surface area (Å²) in [6, 6.07) is 3.55. The number of carbonyl (C=O) groups excluding carboxylic acids is 1. The number of hydrogen-bond acceptors (Lipinski definition) is 3. The van der Waals surface area contributed by atoms with Crippen LogP contribution in [0.5, 0.6) is 5.75 Å². The molecule has 0 aromatic heterocycles. The van der Waals surface area contributed by atoms with Gasteiger partial charge in [0.2, 0.25) is 5.82 Å². The number of benzene rings is 1. The Labute approximate surface area is 97.7 Å². The lowest BCUT2D eigenvalue weighted by atomic mass is 10.3. The van der Waals surface area contributed by atoms with Crippen molar-refractivity contribution in [1.82, 2.24) is 0 Å². The fraction of sp³-hybridized carbons (Fsp3) is 0.250. The van der Waals surface area contributed by atoms with E-state index < -0.39 is 17.6 Å². The van der Waals surface area contributed by atoms with E-state index in [1.54, 1.807) is 6.92 Å². The molecule has 1 aromatic carbocycles. The molecule has 0 fully saturated rings. The van der Waals surface area contributed by atoms with Crippen molar-refractivity contribution in [3.63, 3.8) is 0 Å². The third-order valence-electron chi connectivity index (χ3n) is 1.79. The van der Waals surface area contributed by atoms with Gasteiger partial charge in [-0.05, 0) is 26.0 Å². The Hall–Kier alpha value is -1.91. The van der Waals surface area contributed by atoms with Crippen molar-refractivity contribution >= 4 is 5.97 Å². The average Bonchev–Trinajstić information content (AvgIpc) is 2.25. The van der Waals surface area contributed by atoms with Gasteiger partial charge in [-0.1, -0.05) is 6.07 Å².